The fraction of sp³-hybridized carbons (Fsp3) is 0.0500. The molecule has 29 heavy (non-hydrogen) atoms. The number of hydrogen-bond donors (Lipinski definition) is 3. The Kier molecular flexibility index (Phi) is 6.33. The first kappa shape index (κ1) is 20.6. The predicted octanol–water partition coefficient (Wildman–Crippen LogP) is 4.73. The number of benzene rings is 2. The van der Waals surface area contributed by atoms with Crippen molar-refractivity contribution in [3.8, 4) is 11.3 Å². The molecule has 0 aliphatic rings. The average Bonchev–Trinajstić information content (AvgIpc) is 3.08. The first-order valence-electron chi connectivity index (χ1n) is 8.35. The molecular weight excluding hydrogens is 417 g/mol. The fourth-order valence-corrected chi connectivity index (χ4v) is 3.25. The molecule has 1 heterocycles. The lowest BCUT2D eigenvalue weighted by Crippen LogP contribution is -2.15. The monoisotopic (exact) mass is 431 g/mol. The number of hydroxylamine groups is 1. The second-order valence-corrected chi connectivity index (χ2v) is 6.72. The third-order valence-electron chi connectivity index (χ3n) is 4.02. The average molecular weight is 432 g/mol. The second-order valence-electron chi connectivity index (χ2n) is 5.91. The zero-order chi connectivity index (χ0) is 21.0. The van der Waals surface area contributed by atoms with Crippen LogP contribution < -0.4 is 10.8 Å². The lowest BCUT2D eigenvalue weighted by atomic mass is 10.0. The molecule has 2 amide bonds. The van der Waals surface area contributed by atoms with Gasteiger partial charge in [0.25, 0.3) is 11.8 Å². The van der Waals surface area contributed by atoms with Crippen LogP contribution in [0.5, 0.6) is 0 Å². The quantitative estimate of drug-likeness (QED) is 0.307. The highest BCUT2D eigenvalue weighted by Crippen LogP contribution is 2.37. The Balaban J connectivity index is 1.98. The van der Waals surface area contributed by atoms with Crippen molar-refractivity contribution >= 4 is 46.8 Å². The zero-order valence-electron chi connectivity index (χ0n) is 15.1. The molecule has 9 heteroatoms. The third-order valence-corrected chi connectivity index (χ3v) is 4.65. The number of nitrogens with zero attached hydrogens (tertiary/aromatic N) is 1. The highest BCUT2D eigenvalue weighted by Gasteiger charge is 2.25. The number of halogens is 2. The molecule has 0 radical (unpaired) electrons. The van der Waals surface area contributed by atoms with E-state index in [1.54, 1.807) is 49.4 Å². The third kappa shape index (κ3) is 4.48. The Labute approximate surface area is 175 Å². The van der Waals surface area contributed by atoms with Gasteiger partial charge in [-0.15, -0.1) is 0 Å². The molecule has 3 N–H and O–H groups in total. The number of para-hydroxylation sites is 1. The van der Waals surface area contributed by atoms with Gasteiger partial charge in [-0.05, 0) is 36.8 Å². The van der Waals surface area contributed by atoms with Crippen molar-refractivity contribution in [1.82, 2.24) is 10.6 Å². The van der Waals surface area contributed by atoms with Crippen molar-refractivity contribution in [1.29, 1.82) is 0 Å². The summed E-state index contributed by atoms with van der Waals surface area (Å²) in [5.74, 6) is -0.889. The minimum atomic E-state index is -0.698. The maximum atomic E-state index is 13.0. The standard InChI is InChI=1S/C20H15Cl2N3O4/c1-11-17(19(25-29-11)18-13(21)6-4-7-14(18)22)20(27)23-15-8-3-2-5-12(15)9-10-16(26)24-28/h2-10,28H,1H3,(H,23,27)(H,24,26). The van der Waals surface area contributed by atoms with E-state index in [1.165, 1.54) is 11.6 Å². The molecule has 0 fully saturated rings. The molecule has 0 spiro atoms. The van der Waals surface area contributed by atoms with Gasteiger partial charge in [0, 0.05) is 17.3 Å². The van der Waals surface area contributed by atoms with Crippen LogP contribution in [0.25, 0.3) is 17.3 Å². The minimum Gasteiger partial charge on any atom is -0.360 e. The first-order valence-corrected chi connectivity index (χ1v) is 9.11. The van der Waals surface area contributed by atoms with Crippen LogP contribution in [0.1, 0.15) is 21.7 Å². The van der Waals surface area contributed by atoms with Crippen molar-refractivity contribution in [3.63, 3.8) is 0 Å². The van der Waals surface area contributed by atoms with E-state index in [-0.39, 0.29) is 11.3 Å². The Morgan fingerprint density at radius 1 is 1.10 bits per heavy atom. The summed E-state index contributed by atoms with van der Waals surface area (Å²) in [6, 6.07) is 11.8. The molecule has 7 nitrogen and oxygen atoms in total. The van der Waals surface area contributed by atoms with Gasteiger partial charge >= 0.3 is 0 Å². The molecule has 0 aliphatic heterocycles. The zero-order valence-corrected chi connectivity index (χ0v) is 16.6. The van der Waals surface area contributed by atoms with E-state index < -0.39 is 11.8 Å². The van der Waals surface area contributed by atoms with E-state index in [2.05, 4.69) is 10.5 Å². The predicted molar refractivity (Wildman–Crippen MR) is 110 cm³/mol. The number of aromatic nitrogens is 1. The molecule has 0 aliphatic carbocycles. The Bertz CT molecular complexity index is 1090. The Morgan fingerprint density at radius 3 is 2.48 bits per heavy atom. The lowest BCUT2D eigenvalue weighted by molar-refractivity contribution is -0.124. The van der Waals surface area contributed by atoms with Crippen LogP contribution in [-0.4, -0.2) is 22.2 Å². The van der Waals surface area contributed by atoms with Gasteiger partial charge in [0.1, 0.15) is 17.0 Å². The number of hydrogen-bond acceptors (Lipinski definition) is 5. The molecule has 3 rings (SSSR count). The number of carbonyl (C=O) groups excluding carboxylic acids is 2. The molecule has 0 unspecified atom stereocenters. The van der Waals surface area contributed by atoms with Crippen LogP contribution in [0, 0.1) is 6.92 Å². The Hall–Kier alpha value is -3.13. The van der Waals surface area contributed by atoms with E-state index in [4.69, 9.17) is 32.9 Å². The first-order chi connectivity index (χ1) is 13.9. The lowest BCUT2D eigenvalue weighted by Gasteiger charge is -2.10. The van der Waals surface area contributed by atoms with Crippen LogP contribution in [0.2, 0.25) is 10.0 Å². The normalized spacial score (nSPS) is 10.9. The summed E-state index contributed by atoms with van der Waals surface area (Å²) in [4.78, 5) is 24.3. The van der Waals surface area contributed by atoms with Gasteiger partial charge in [0.05, 0.1) is 10.0 Å². The molecular formula is C20H15Cl2N3O4. The van der Waals surface area contributed by atoms with Gasteiger partial charge in [-0.25, -0.2) is 5.48 Å². The number of aryl methyl sites for hydroxylation is 1. The fourth-order valence-electron chi connectivity index (χ4n) is 2.68. The summed E-state index contributed by atoms with van der Waals surface area (Å²) in [7, 11) is 0. The van der Waals surface area contributed by atoms with Crippen LogP contribution in [0.3, 0.4) is 0 Å². The molecule has 2 aromatic carbocycles. The number of amides is 2. The molecule has 0 saturated heterocycles. The van der Waals surface area contributed by atoms with Crippen molar-refractivity contribution in [2.75, 3.05) is 5.32 Å². The molecule has 148 valence electrons. The highest BCUT2D eigenvalue weighted by molar-refractivity contribution is 6.39. The number of rotatable bonds is 5. The Morgan fingerprint density at radius 2 is 1.79 bits per heavy atom. The SMILES string of the molecule is Cc1onc(-c2c(Cl)cccc2Cl)c1C(=O)Nc1ccccc1C=CC(=O)NO. The van der Waals surface area contributed by atoms with Crippen molar-refractivity contribution in [2.24, 2.45) is 0 Å². The summed E-state index contributed by atoms with van der Waals surface area (Å²) in [6.07, 6.45) is 2.58. The van der Waals surface area contributed by atoms with Gasteiger partial charge in [-0.2, -0.15) is 0 Å². The number of carbonyl (C=O) groups is 2. The molecule has 0 saturated carbocycles. The summed E-state index contributed by atoms with van der Waals surface area (Å²) < 4.78 is 5.22. The highest BCUT2D eigenvalue weighted by atomic mass is 35.5. The van der Waals surface area contributed by atoms with E-state index >= 15 is 0 Å². The summed E-state index contributed by atoms with van der Waals surface area (Å²) >= 11 is 12.5. The summed E-state index contributed by atoms with van der Waals surface area (Å²) in [6.45, 7) is 1.60. The molecule has 0 bridgehead atoms. The van der Waals surface area contributed by atoms with Gasteiger partial charge in [0.15, 0.2) is 0 Å². The van der Waals surface area contributed by atoms with E-state index in [1.807, 2.05) is 0 Å². The van der Waals surface area contributed by atoms with Gasteiger partial charge in [-0.3, -0.25) is 14.8 Å². The van der Waals surface area contributed by atoms with Crippen LogP contribution in [0.15, 0.2) is 53.1 Å². The minimum absolute atomic E-state index is 0.187. The molecule has 0 atom stereocenters. The number of anilines is 1. The van der Waals surface area contributed by atoms with E-state index in [0.29, 0.717) is 32.6 Å². The number of nitrogens with one attached hydrogen (secondary N) is 2. The van der Waals surface area contributed by atoms with Crippen LogP contribution in [-0.2, 0) is 4.79 Å². The van der Waals surface area contributed by atoms with Gasteiger partial charge in [-0.1, -0.05) is 52.6 Å². The summed E-state index contributed by atoms with van der Waals surface area (Å²) in [5, 5.41) is 16.0. The molecule has 3 aromatic rings. The van der Waals surface area contributed by atoms with Crippen LogP contribution >= 0.6 is 23.2 Å². The van der Waals surface area contributed by atoms with Crippen LogP contribution in [0.4, 0.5) is 5.69 Å². The van der Waals surface area contributed by atoms with E-state index in [0.717, 1.165) is 6.08 Å². The maximum absolute atomic E-state index is 13.0. The van der Waals surface area contributed by atoms with Crippen molar-refractivity contribution in [2.45, 2.75) is 6.92 Å². The molecule has 1 aromatic heterocycles. The smallest absolute Gasteiger partial charge is 0.267 e. The van der Waals surface area contributed by atoms with Crippen molar-refractivity contribution < 1.29 is 19.3 Å². The van der Waals surface area contributed by atoms with Gasteiger partial charge < -0.3 is 9.84 Å². The second kappa shape index (κ2) is 8.91. The van der Waals surface area contributed by atoms with Crippen molar-refractivity contribution in [3.05, 3.63) is 75.5 Å². The topological polar surface area (TPSA) is 104 Å². The van der Waals surface area contributed by atoms with E-state index in [9.17, 15) is 9.59 Å². The largest absolute Gasteiger partial charge is 0.360 e. The summed E-state index contributed by atoms with van der Waals surface area (Å²) in [5.41, 5.74) is 3.30. The maximum Gasteiger partial charge on any atom is 0.267 e. The van der Waals surface area contributed by atoms with Gasteiger partial charge in [0.2, 0.25) is 0 Å².